The molecule has 1 atom stereocenters. The molecule has 0 bridgehead atoms. The molecule has 3 aromatic rings. The Balaban J connectivity index is 1.90. The molecule has 0 saturated carbocycles. The minimum Gasteiger partial charge on any atom is -0.493 e. The van der Waals surface area contributed by atoms with Gasteiger partial charge in [0.15, 0.2) is 16.3 Å². The van der Waals surface area contributed by atoms with Crippen molar-refractivity contribution in [1.82, 2.24) is 4.57 Å². The van der Waals surface area contributed by atoms with Crippen molar-refractivity contribution >= 4 is 23.4 Å². The number of methoxy groups -OCH3 is 2. The van der Waals surface area contributed by atoms with E-state index >= 15 is 0 Å². The average Bonchev–Trinajstić information content (AvgIpc) is 3.16. The van der Waals surface area contributed by atoms with Gasteiger partial charge < -0.3 is 14.2 Å². The van der Waals surface area contributed by atoms with Crippen molar-refractivity contribution in [2.75, 3.05) is 20.8 Å². The zero-order chi connectivity index (χ0) is 24.2. The number of esters is 1. The third-order valence-corrected chi connectivity index (χ3v) is 6.38. The summed E-state index contributed by atoms with van der Waals surface area (Å²) in [7, 11) is 3.13. The highest BCUT2D eigenvalue weighted by Crippen LogP contribution is 2.31. The summed E-state index contributed by atoms with van der Waals surface area (Å²) in [5, 5.41) is 0. The lowest BCUT2D eigenvalue weighted by atomic mass is 9.96. The first-order valence-electron chi connectivity index (χ1n) is 10.6. The monoisotopic (exact) mass is 476 g/mol. The predicted octanol–water partition coefficient (Wildman–Crippen LogP) is 2.98. The van der Waals surface area contributed by atoms with E-state index in [1.165, 1.54) is 17.4 Å². The van der Waals surface area contributed by atoms with Gasteiger partial charge in [0.05, 0.1) is 36.1 Å². The number of benzene rings is 2. The predicted molar refractivity (Wildman–Crippen MR) is 131 cm³/mol. The molecule has 7 nitrogen and oxygen atoms in total. The lowest BCUT2D eigenvalue weighted by molar-refractivity contribution is -0.138. The van der Waals surface area contributed by atoms with Crippen molar-refractivity contribution in [3.8, 4) is 11.5 Å². The largest absolute Gasteiger partial charge is 0.493 e. The van der Waals surface area contributed by atoms with E-state index in [-0.39, 0.29) is 12.2 Å². The second-order valence-corrected chi connectivity index (χ2v) is 8.50. The maximum atomic E-state index is 13.6. The van der Waals surface area contributed by atoms with Crippen LogP contribution in [0.15, 0.2) is 82.2 Å². The molecule has 4 rings (SSSR count). The maximum absolute atomic E-state index is 13.6. The van der Waals surface area contributed by atoms with Gasteiger partial charge in [0.1, 0.15) is 6.61 Å². The van der Waals surface area contributed by atoms with Crippen LogP contribution < -0.4 is 24.4 Å². The molecule has 1 aliphatic rings. The summed E-state index contributed by atoms with van der Waals surface area (Å²) in [5.74, 6) is 0.641. The van der Waals surface area contributed by atoms with Gasteiger partial charge in [-0.3, -0.25) is 9.36 Å². The van der Waals surface area contributed by atoms with Crippen molar-refractivity contribution < 1.29 is 19.0 Å². The molecule has 34 heavy (non-hydrogen) atoms. The summed E-state index contributed by atoms with van der Waals surface area (Å²) >= 11 is 1.27. The van der Waals surface area contributed by atoms with Crippen LogP contribution in [0.3, 0.4) is 0 Å². The van der Waals surface area contributed by atoms with Gasteiger partial charge in [-0.05, 0) is 36.3 Å². The number of thiazole rings is 1. The van der Waals surface area contributed by atoms with E-state index in [0.717, 1.165) is 11.1 Å². The smallest absolute Gasteiger partial charge is 0.338 e. The van der Waals surface area contributed by atoms with Crippen molar-refractivity contribution in [1.29, 1.82) is 0 Å². The van der Waals surface area contributed by atoms with E-state index in [2.05, 4.69) is 11.6 Å². The van der Waals surface area contributed by atoms with Gasteiger partial charge in [-0.15, -0.1) is 0 Å². The topological polar surface area (TPSA) is 79.1 Å². The summed E-state index contributed by atoms with van der Waals surface area (Å²) in [6, 6.07) is 14.2. The molecule has 0 aliphatic carbocycles. The first kappa shape index (κ1) is 23.3. The molecule has 0 amide bonds. The minimum absolute atomic E-state index is 0.0703. The highest BCUT2D eigenvalue weighted by atomic mass is 32.1. The highest BCUT2D eigenvalue weighted by molar-refractivity contribution is 7.07. The number of aromatic nitrogens is 1. The molecule has 1 aliphatic heterocycles. The molecule has 0 spiro atoms. The van der Waals surface area contributed by atoms with Crippen LogP contribution in [0.1, 0.15) is 24.1 Å². The third-order valence-electron chi connectivity index (χ3n) is 5.39. The fraction of sp³-hybridized carbons (Fsp3) is 0.192. The van der Waals surface area contributed by atoms with Crippen molar-refractivity contribution in [2.45, 2.75) is 13.0 Å². The summed E-state index contributed by atoms with van der Waals surface area (Å²) in [4.78, 5) is 31.7. The van der Waals surface area contributed by atoms with Crippen molar-refractivity contribution in [3.63, 3.8) is 0 Å². The summed E-state index contributed by atoms with van der Waals surface area (Å²) in [5.41, 5.74) is 2.18. The summed E-state index contributed by atoms with van der Waals surface area (Å²) < 4.78 is 18.1. The second kappa shape index (κ2) is 9.93. The van der Waals surface area contributed by atoms with Crippen LogP contribution in [-0.4, -0.2) is 31.4 Å². The second-order valence-electron chi connectivity index (χ2n) is 7.49. The minimum atomic E-state index is -0.651. The number of fused-ring (bicyclic) bond motifs is 1. The molecule has 2 heterocycles. The third kappa shape index (κ3) is 4.32. The quantitative estimate of drug-likeness (QED) is 0.387. The van der Waals surface area contributed by atoms with E-state index in [1.807, 2.05) is 36.4 Å². The zero-order valence-electron chi connectivity index (χ0n) is 19.1. The molecular weight excluding hydrogens is 452 g/mol. The lowest BCUT2D eigenvalue weighted by Gasteiger charge is -2.24. The Hall–Kier alpha value is -3.91. The molecule has 0 unspecified atom stereocenters. The first-order valence-corrected chi connectivity index (χ1v) is 11.4. The van der Waals surface area contributed by atoms with E-state index in [9.17, 15) is 9.59 Å². The number of ether oxygens (including phenoxy) is 3. The van der Waals surface area contributed by atoms with Crippen LogP contribution >= 0.6 is 11.3 Å². The Morgan fingerprint density at radius 1 is 1.15 bits per heavy atom. The fourth-order valence-electron chi connectivity index (χ4n) is 3.84. The Morgan fingerprint density at radius 3 is 2.56 bits per heavy atom. The number of rotatable bonds is 7. The average molecular weight is 477 g/mol. The Bertz CT molecular complexity index is 1450. The number of hydrogen-bond acceptors (Lipinski definition) is 7. The summed E-state index contributed by atoms with van der Waals surface area (Å²) in [6.45, 7) is 5.43. The van der Waals surface area contributed by atoms with Crippen molar-refractivity contribution in [2.24, 2.45) is 4.99 Å². The van der Waals surface area contributed by atoms with E-state index in [4.69, 9.17) is 14.2 Å². The van der Waals surface area contributed by atoms with Gasteiger partial charge >= 0.3 is 5.97 Å². The molecule has 0 N–H and O–H groups in total. The highest BCUT2D eigenvalue weighted by Gasteiger charge is 2.33. The van der Waals surface area contributed by atoms with Gasteiger partial charge in [0.2, 0.25) is 0 Å². The van der Waals surface area contributed by atoms with Gasteiger partial charge in [0, 0.05) is 0 Å². The maximum Gasteiger partial charge on any atom is 0.338 e. The molecular formula is C26H24N2O5S. The van der Waals surface area contributed by atoms with Crippen LogP contribution in [0.25, 0.3) is 6.08 Å². The standard InChI is InChI=1S/C26H24N2O5S/c1-5-13-33-25(30)22-16(2)27-26-28(23(22)18-9-7-6-8-10-18)24(29)21(34-26)15-17-11-12-19(31-3)20(14-17)32-4/h5-12,14-15,23H,1,13H2,2-4H3/b21-15+/t23-/m1/s1. The number of carbonyl (C=O) groups excluding carboxylic acids is 1. The molecule has 1 aromatic heterocycles. The van der Waals surface area contributed by atoms with Gasteiger partial charge in [-0.25, -0.2) is 9.79 Å². The van der Waals surface area contributed by atoms with E-state index in [1.54, 1.807) is 43.9 Å². The normalized spacial score (nSPS) is 15.4. The molecule has 8 heteroatoms. The van der Waals surface area contributed by atoms with Gasteiger partial charge in [-0.2, -0.15) is 0 Å². The zero-order valence-corrected chi connectivity index (χ0v) is 19.9. The lowest BCUT2D eigenvalue weighted by Crippen LogP contribution is -2.39. The Morgan fingerprint density at radius 2 is 1.88 bits per heavy atom. The van der Waals surface area contributed by atoms with Crippen LogP contribution in [0.4, 0.5) is 0 Å². The van der Waals surface area contributed by atoms with Crippen LogP contribution in [0.2, 0.25) is 0 Å². The Kier molecular flexibility index (Phi) is 6.79. The fourth-order valence-corrected chi connectivity index (χ4v) is 4.89. The molecule has 0 fully saturated rings. The first-order chi connectivity index (χ1) is 16.5. The van der Waals surface area contributed by atoms with Crippen LogP contribution in [0, 0.1) is 0 Å². The number of allylic oxidation sites excluding steroid dienone is 1. The van der Waals surface area contributed by atoms with E-state index < -0.39 is 12.0 Å². The van der Waals surface area contributed by atoms with Crippen LogP contribution in [-0.2, 0) is 9.53 Å². The number of nitrogens with zero attached hydrogens (tertiary/aromatic N) is 2. The Labute approximate surface area is 200 Å². The van der Waals surface area contributed by atoms with E-state index in [0.29, 0.717) is 32.1 Å². The SMILES string of the molecule is C=CCOC(=O)C1=C(C)N=c2s/c(=C/c3ccc(OC)c(OC)c3)c(=O)n2[C@@H]1c1ccccc1. The molecule has 2 aromatic carbocycles. The molecule has 0 saturated heterocycles. The number of hydrogen-bond donors (Lipinski definition) is 0. The molecule has 0 radical (unpaired) electrons. The summed E-state index contributed by atoms with van der Waals surface area (Å²) in [6.07, 6.45) is 3.28. The van der Waals surface area contributed by atoms with Gasteiger partial charge in [-0.1, -0.05) is 60.4 Å². The van der Waals surface area contributed by atoms with Crippen LogP contribution in [0.5, 0.6) is 11.5 Å². The van der Waals surface area contributed by atoms with Gasteiger partial charge in [0.25, 0.3) is 5.56 Å². The molecule has 174 valence electrons. The number of carbonyl (C=O) groups is 1. The van der Waals surface area contributed by atoms with Crippen molar-refractivity contribution in [3.05, 3.63) is 103 Å².